The van der Waals surface area contributed by atoms with Crippen LogP contribution in [0.15, 0.2) is 24.3 Å². The zero-order valence-corrected chi connectivity index (χ0v) is 11.6. The number of hydrogen-bond acceptors (Lipinski definition) is 3. The summed E-state index contributed by atoms with van der Waals surface area (Å²) in [5, 5.41) is 21.1. The Bertz CT molecular complexity index is 574. The summed E-state index contributed by atoms with van der Waals surface area (Å²) in [7, 11) is 0. The molecule has 0 bridgehead atoms. The highest BCUT2D eigenvalue weighted by Gasteiger charge is 2.43. The van der Waals surface area contributed by atoms with Crippen molar-refractivity contribution >= 4 is 35.3 Å². The molecule has 2 amide bonds. The molecule has 1 aliphatic heterocycles. The Hall–Kier alpha value is -2.28. The van der Waals surface area contributed by atoms with Gasteiger partial charge in [0.05, 0.1) is 11.8 Å². The third-order valence-electron chi connectivity index (χ3n) is 3.36. The molecule has 0 radical (unpaired) electrons. The van der Waals surface area contributed by atoms with E-state index in [1.54, 1.807) is 24.3 Å². The lowest BCUT2D eigenvalue weighted by Crippen LogP contribution is -2.32. The van der Waals surface area contributed by atoms with Crippen molar-refractivity contribution in [2.24, 2.45) is 11.8 Å². The Labute approximate surface area is 125 Å². The number of nitrogens with zero attached hydrogens (tertiary/aromatic N) is 1. The molecule has 0 unspecified atom stereocenters. The van der Waals surface area contributed by atoms with Gasteiger partial charge >= 0.3 is 12.1 Å². The highest BCUT2D eigenvalue weighted by atomic mass is 35.5. The van der Waals surface area contributed by atoms with E-state index in [9.17, 15) is 14.4 Å². The predicted octanol–water partition coefficient (Wildman–Crippen LogP) is 1.59. The number of likely N-dealkylation sites (tertiary alicyclic amines) is 1. The summed E-state index contributed by atoms with van der Waals surface area (Å²) < 4.78 is 0. The minimum absolute atomic E-state index is 0.133. The number of hydrogen-bond donors (Lipinski definition) is 3. The number of nitrogens with one attached hydrogen (secondary N) is 1. The average molecular weight is 313 g/mol. The van der Waals surface area contributed by atoms with Gasteiger partial charge in [0.15, 0.2) is 0 Å². The largest absolute Gasteiger partial charge is 0.481 e. The average Bonchev–Trinajstić information content (AvgIpc) is 2.87. The fourth-order valence-corrected chi connectivity index (χ4v) is 2.37. The standard InChI is InChI=1S/C13H13ClN2O5/c14-7-1-3-8(4-2-7)15-11(17)9-5-16(13(20)21)6-10(9)12(18)19/h1-4,9-10H,5-6H2,(H,15,17)(H,18,19)(H,20,21)/t9-,10-/m1/s1. The summed E-state index contributed by atoms with van der Waals surface area (Å²) in [6.45, 7) is -0.324. The van der Waals surface area contributed by atoms with E-state index in [0.29, 0.717) is 10.7 Å². The maximum Gasteiger partial charge on any atom is 0.407 e. The molecule has 2 rings (SSSR count). The van der Waals surface area contributed by atoms with Gasteiger partial charge in [-0.1, -0.05) is 11.6 Å². The van der Waals surface area contributed by atoms with E-state index in [-0.39, 0.29) is 13.1 Å². The maximum absolute atomic E-state index is 12.2. The molecule has 1 fully saturated rings. The third-order valence-corrected chi connectivity index (χ3v) is 3.61. The number of amides is 2. The molecule has 7 nitrogen and oxygen atoms in total. The van der Waals surface area contributed by atoms with Crippen LogP contribution in [0.4, 0.5) is 10.5 Å². The van der Waals surface area contributed by atoms with Crippen LogP contribution in [0.5, 0.6) is 0 Å². The molecule has 0 saturated carbocycles. The molecule has 1 saturated heterocycles. The Balaban J connectivity index is 2.11. The van der Waals surface area contributed by atoms with Gasteiger partial charge in [0, 0.05) is 23.8 Å². The zero-order valence-electron chi connectivity index (χ0n) is 10.8. The summed E-state index contributed by atoms with van der Waals surface area (Å²) in [6.07, 6.45) is -1.23. The second-order valence-electron chi connectivity index (χ2n) is 4.73. The van der Waals surface area contributed by atoms with Gasteiger partial charge in [-0.25, -0.2) is 4.79 Å². The van der Waals surface area contributed by atoms with Crippen LogP contribution in [0.25, 0.3) is 0 Å². The number of carboxylic acids is 1. The van der Waals surface area contributed by atoms with E-state index in [2.05, 4.69) is 5.32 Å². The van der Waals surface area contributed by atoms with Crippen molar-refractivity contribution in [1.82, 2.24) is 4.90 Å². The van der Waals surface area contributed by atoms with Crippen molar-refractivity contribution in [1.29, 1.82) is 0 Å². The van der Waals surface area contributed by atoms with E-state index in [1.165, 1.54) is 0 Å². The highest BCUT2D eigenvalue weighted by Crippen LogP contribution is 2.25. The summed E-state index contributed by atoms with van der Waals surface area (Å²) in [5.74, 6) is -3.67. The van der Waals surface area contributed by atoms with Gasteiger partial charge in [0.1, 0.15) is 0 Å². The first-order chi connectivity index (χ1) is 9.88. The second kappa shape index (κ2) is 6.01. The first kappa shape index (κ1) is 15.1. The molecule has 1 aromatic rings. The SMILES string of the molecule is O=C(O)[C@@H]1CN(C(=O)O)C[C@H]1C(=O)Nc1ccc(Cl)cc1. The normalized spacial score (nSPS) is 21.1. The topological polar surface area (TPSA) is 107 Å². The number of anilines is 1. The van der Waals surface area contributed by atoms with Crippen molar-refractivity contribution in [2.75, 3.05) is 18.4 Å². The third kappa shape index (κ3) is 3.43. The highest BCUT2D eigenvalue weighted by molar-refractivity contribution is 6.30. The van der Waals surface area contributed by atoms with Crippen molar-refractivity contribution in [3.05, 3.63) is 29.3 Å². The van der Waals surface area contributed by atoms with Crippen LogP contribution in [0.2, 0.25) is 5.02 Å². The first-order valence-corrected chi connectivity index (χ1v) is 6.53. The van der Waals surface area contributed by atoms with Crippen LogP contribution < -0.4 is 5.32 Å². The van der Waals surface area contributed by atoms with Gasteiger partial charge < -0.3 is 20.4 Å². The fourth-order valence-electron chi connectivity index (χ4n) is 2.24. The Morgan fingerprint density at radius 2 is 1.67 bits per heavy atom. The number of rotatable bonds is 3. The van der Waals surface area contributed by atoms with Crippen LogP contribution in [-0.2, 0) is 9.59 Å². The number of carbonyl (C=O) groups is 3. The number of carbonyl (C=O) groups excluding carboxylic acids is 1. The van der Waals surface area contributed by atoms with Crippen molar-refractivity contribution in [3.8, 4) is 0 Å². The fraction of sp³-hybridized carbons (Fsp3) is 0.308. The zero-order chi connectivity index (χ0) is 15.6. The maximum atomic E-state index is 12.2. The number of carboxylic acid groups (broad SMARTS) is 2. The number of aliphatic carboxylic acids is 1. The predicted molar refractivity (Wildman–Crippen MR) is 74.3 cm³/mol. The molecule has 0 aromatic heterocycles. The Morgan fingerprint density at radius 3 is 2.19 bits per heavy atom. The van der Waals surface area contributed by atoms with Crippen molar-refractivity contribution in [3.63, 3.8) is 0 Å². The van der Waals surface area contributed by atoms with Gasteiger partial charge in [-0.2, -0.15) is 0 Å². The lowest BCUT2D eigenvalue weighted by atomic mass is 9.95. The smallest absolute Gasteiger partial charge is 0.407 e. The van der Waals surface area contributed by atoms with E-state index in [4.69, 9.17) is 21.8 Å². The molecule has 0 spiro atoms. The number of halogens is 1. The molecule has 8 heteroatoms. The molecule has 2 atom stereocenters. The molecule has 1 heterocycles. The lowest BCUT2D eigenvalue weighted by Gasteiger charge is -2.14. The Morgan fingerprint density at radius 1 is 1.10 bits per heavy atom. The van der Waals surface area contributed by atoms with Gasteiger partial charge in [-0.3, -0.25) is 9.59 Å². The minimum atomic E-state index is -1.23. The molecular formula is C13H13ClN2O5. The van der Waals surface area contributed by atoms with E-state index in [1.807, 2.05) is 0 Å². The Kier molecular flexibility index (Phi) is 4.32. The van der Waals surface area contributed by atoms with Crippen molar-refractivity contribution in [2.45, 2.75) is 0 Å². The molecule has 0 aliphatic carbocycles. The van der Waals surface area contributed by atoms with E-state index < -0.39 is 29.8 Å². The van der Waals surface area contributed by atoms with Gasteiger partial charge in [0.2, 0.25) is 5.91 Å². The summed E-state index contributed by atoms with van der Waals surface area (Å²) in [6, 6.07) is 6.34. The number of benzene rings is 1. The van der Waals surface area contributed by atoms with Crippen LogP contribution in [0.3, 0.4) is 0 Å². The van der Waals surface area contributed by atoms with Crippen LogP contribution in [0, 0.1) is 11.8 Å². The lowest BCUT2D eigenvalue weighted by molar-refractivity contribution is -0.144. The van der Waals surface area contributed by atoms with Crippen LogP contribution in [-0.4, -0.2) is 46.2 Å². The molecule has 1 aliphatic rings. The summed E-state index contributed by atoms with van der Waals surface area (Å²) in [5.41, 5.74) is 0.474. The molecule has 21 heavy (non-hydrogen) atoms. The van der Waals surface area contributed by atoms with Crippen LogP contribution in [0.1, 0.15) is 0 Å². The molecule has 3 N–H and O–H groups in total. The van der Waals surface area contributed by atoms with Crippen LogP contribution >= 0.6 is 11.6 Å². The van der Waals surface area contributed by atoms with Gasteiger partial charge in [-0.15, -0.1) is 0 Å². The van der Waals surface area contributed by atoms with Gasteiger partial charge in [0.25, 0.3) is 0 Å². The summed E-state index contributed by atoms with van der Waals surface area (Å²) >= 11 is 5.73. The summed E-state index contributed by atoms with van der Waals surface area (Å²) in [4.78, 5) is 35.2. The van der Waals surface area contributed by atoms with Gasteiger partial charge in [-0.05, 0) is 24.3 Å². The quantitative estimate of drug-likeness (QED) is 0.785. The first-order valence-electron chi connectivity index (χ1n) is 6.15. The minimum Gasteiger partial charge on any atom is -0.481 e. The monoisotopic (exact) mass is 312 g/mol. The van der Waals surface area contributed by atoms with E-state index in [0.717, 1.165) is 4.90 Å². The van der Waals surface area contributed by atoms with Crippen molar-refractivity contribution < 1.29 is 24.6 Å². The molecule has 1 aromatic carbocycles. The molecular weight excluding hydrogens is 300 g/mol. The second-order valence-corrected chi connectivity index (χ2v) is 5.17. The molecule has 112 valence electrons. The van der Waals surface area contributed by atoms with E-state index >= 15 is 0 Å².